The van der Waals surface area contributed by atoms with Crippen LogP contribution in [-0.2, 0) is 24.7 Å². The van der Waals surface area contributed by atoms with Crippen LogP contribution < -0.4 is 0 Å². The number of rotatable bonds is 3. The Kier molecular flexibility index (Phi) is 3.92. The van der Waals surface area contributed by atoms with Gasteiger partial charge in [0.25, 0.3) is 5.60 Å². The zero-order valence-corrected chi connectivity index (χ0v) is 13.0. The number of benzene rings is 2. The molecule has 0 fully saturated rings. The molecule has 1 heterocycles. The maximum absolute atomic E-state index is 12.6. The third-order valence-electron chi connectivity index (χ3n) is 3.68. The number of esters is 2. The van der Waals surface area contributed by atoms with Crippen molar-refractivity contribution in [2.24, 2.45) is 0 Å². The maximum atomic E-state index is 12.6. The van der Waals surface area contributed by atoms with Gasteiger partial charge in [-0.25, -0.2) is 9.59 Å². The smallest absolute Gasteiger partial charge is 0.360 e. The van der Waals surface area contributed by atoms with Gasteiger partial charge in [-0.1, -0.05) is 54.1 Å². The Bertz CT molecular complexity index is 798. The first-order chi connectivity index (χ1) is 11.1. The van der Waals surface area contributed by atoms with Crippen molar-refractivity contribution < 1.29 is 19.1 Å². The van der Waals surface area contributed by atoms with Crippen molar-refractivity contribution in [3.8, 4) is 0 Å². The maximum Gasteiger partial charge on any atom is 0.360 e. The molecule has 0 bridgehead atoms. The first kappa shape index (κ1) is 15.3. The van der Waals surface area contributed by atoms with Crippen molar-refractivity contribution in [3.63, 3.8) is 0 Å². The van der Waals surface area contributed by atoms with Gasteiger partial charge in [-0.3, -0.25) is 0 Å². The van der Waals surface area contributed by atoms with Gasteiger partial charge >= 0.3 is 11.9 Å². The molecule has 0 spiro atoms. The van der Waals surface area contributed by atoms with Crippen LogP contribution in [-0.4, -0.2) is 19.0 Å². The van der Waals surface area contributed by atoms with Crippen LogP contribution in [0.1, 0.15) is 11.1 Å². The SMILES string of the molecule is COC(=O)[C@@]1(c2ccccc2)OC(=O)C=C1c1cccc(Cl)c1. The van der Waals surface area contributed by atoms with Crippen LogP contribution in [0, 0.1) is 0 Å². The fourth-order valence-electron chi connectivity index (χ4n) is 2.70. The van der Waals surface area contributed by atoms with E-state index in [1.54, 1.807) is 48.5 Å². The predicted molar refractivity (Wildman–Crippen MR) is 85.7 cm³/mol. The molecule has 4 nitrogen and oxygen atoms in total. The lowest BCUT2D eigenvalue weighted by molar-refractivity contribution is -0.169. The lowest BCUT2D eigenvalue weighted by atomic mass is 9.83. The summed E-state index contributed by atoms with van der Waals surface area (Å²) in [5.41, 5.74) is -0.0813. The molecule has 1 atom stereocenters. The number of cyclic esters (lactones) is 1. The number of ether oxygens (including phenoxy) is 2. The van der Waals surface area contributed by atoms with Crippen molar-refractivity contribution in [2.45, 2.75) is 5.60 Å². The lowest BCUT2D eigenvalue weighted by Crippen LogP contribution is -2.39. The summed E-state index contributed by atoms with van der Waals surface area (Å²) in [7, 11) is 1.26. The molecular weight excluding hydrogens is 316 g/mol. The van der Waals surface area contributed by atoms with Gasteiger partial charge < -0.3 is 9.47 Å². The van der Waals surface area contributed by atoms with Crippen molar-refractivity contribution in [1.29, 1.82) is 0 Å². The van der Waals surface area contributed by atoms with Crippen molar-refractivity contribution in [1.82, 2.24) is 0 Å². The summed E-state index contributed by atoms with van der Waals surface area (Å²) in [6.45, 7) is 0. The van der Waals surface area contributed by atoms with Crippen LogP contribution in [0.2, 0.25) is 5.02 Å². The Labute approximate surface area is 138 Å². The molecule has 116 valence electrons. The van der Waals surface area contributed by atoms with Gasteiger partial charge in [-0.2, -0.15) is 0 Å². The van der Waals surface area contributed by atoms with E-state index in [0.717, 1.165) is 0 Å². The monoisotopic (exact) mass is 328 g/mol. The average Bonchev–Trinajstić information content (AvgIpc) is 2.93. The van der Waals surface area contributed by atoms with Crippen molar-refractivity contribution in [2.75, 3.05) is 7.11 Å². The lowest BCUT2D eigenvalue weighted by Gasteiger charge is -2.29. The molecule has 23 heavy (non-hydrogen) atoms. The molecule has 5 heteroatoms. The summed E-state index contributed by atoms with van der Waals surface area (Å²) >= 11 is 6.04. The normalized spacial score (nSPS) is 19.9. The summed E-state index contributed by atoms with van der Waals surface area (Å²) in [6, 6.07) is 15.7. The van der Waals surface area contributed by atoms with Gasteiger partial charge in [0.1, 0.15) is 0 Å². The highest BCUT2D eigenvalue weighted by atomic mass is 35.5. The zero-order chi connectivity index (χ0) is 16.4. The van der Waals surface area contributed by atoms with E-state index in [4.69, 9.17) is 21.1 Å². The fourth-order valence-corrected chi connectivity index (χ4v) is 2.89. The van der Waals surface area contributed by atoms with E-state index in [9.17, 15) is 9.59 Å². The van der Waals surface area contributed by atoms with E-state index in [1.807, 2.05) is 6.07 Å². The Morgan fingerprint density at radius 2 is 1.87 bits per heavy atom. The van der Waals surface area contributed by atoms with E-state index in [-0.39, 0.29) is 0 Å². The molecule has 2 aromatic rings. The fraction of sp³-hybridized carbons (Fsp3) is 0.111. The molecule has 0 unspecified atom stereocenters. The van der Waals surface area contributed by atoms with Crippen LogP contribution >= 0.6 is 11.6 Å². The summed E-state index contributed by atoms with van der Waals surface area (Å²) < 4.78 is 10.4. The minimum absolute atomic E-state index is 0.406. The van der Waals surface area contributed by atoms with Crippen molar-refractivity contribution >= 4 is 29.1 Å². The summed E-state index contributed by atoms with van der Waals surface area (Å²) in [6.07, 6.45) is 1.30. The topological polar surface area (TPSA) is 52.6 Å². The number of halogens is 1. The number of carbonyl (C=O) groups excluding carboxylic acids is 2. The molecule has 0 aromatic heterocycles. The summed E-state index contributed by atoms with van der Waals surface area (Å²) in [5, 5.41) is 0.495. The minimum atomic E-state index is -1.63. The second kappa shape index (κ2) is 5.89. The third kappa shape index (κ3) is 2.51. The minimum Gasteiger partial charge on any atom is -0.466 e. The van der Waals surface area contributed by atoms with Crippen LogP contribution in [0.15, 0.2) is 60.7 Å². The molecule has 3 rings (SSSR count). The number of hydrogen-bond donors (Lipinski definition) is 0. The van der Waals surface area contributed by atoms with Gasteiger partial charge in [0, 0.05) is 22.2 Å². The molecule has 0 amide bonds. The highest BCUT2D eigenvalue weighted by Gasteiger charge is 2.53. The Morgan fingerprint density at radius 3 is 2.52 bits per heavy atom. The Morgan fingerprint density at radius 1 is 1.13 bits per heavy atom. The first-order valence-corrected chi connectivity index (χ1v) is 7.31. The molecule has 0 N–H and O–H groups in total. The van der Waals surface area contributed by atoms with E-state index < -0.39 is 17.5 Å². The van der Waals surface area contributed by atoms with Crippen LogP contribution in [0.4, 0.5) is 0 Å². The van der Waals surface area contributed by atoms with E-state index in [1.165, 1.54) is 13.2 Å². The number of methoxy groups -OCH3 is 1. The summed E-state index contributed by atoms with van der Waals surface area (Å²) in [5.74, 6) is -1.27. The number of carbonyl (C=O) groups is 2. The molecular formula is C18H13ClO4. The van der Waals surface area contributed by atoms with Gasteiger partial charge in [0.05, 0.1) is 7.11 Å². The molecule has 2 aromatic carbocycles. The second-order valence-electron chi connectivity index (χ2n) is 5.03. The molecule has 0 saturated heterocycles. The van der Waals surface area contributed by atoms with E-state index >= 15 is 0 Å². The van der Waals surface area contributed by atoms with Crippen molar-refractivity contribution in [3.05, 3.63) is 76.8 Å². The first-order valence-electron chi connectivity index (χ1n) is 6.93. The van der Waals surface area contributed by atoms with Gasteiger partial charge in [-0.05, 0) is 17.7 Å². The van der Waals surface area contributed by atoms with E-state index in [0.29, 0.717) is 21.7 Å². The molecule has 1 aliphatic rings. The quantitative estimate of drug-likeness (QED) is 0.811. The van der Waals surface area contributed by atoms with Gasteiger partial charge in [0.15, 0.2) is 0 Å². The van der Waals surface area contributed by atoms with E-state index in [2.05, 4.69) is 0 Å². The second-order valence-corrected chi connectivity index (χ2v) is 5.46. The summed E-state index contributed by atoms with van der Waals surface area (Å²) in [4.78, 5) is 24.6. The molecule has 0 aliphatic carbocycles. The molecule has 0 saturated carbocycles. The highest BCUT2D eigenvalue weighted by molar-refractivity contribution is 6.30. The van der Waals surface area contributed by atoms with Crippen LogP contribution in [0.3, 0.4) is 0 Å². The Hall–Kier alpha value is -2.59. The third-order valence-corrected chi connectivity index (χ3v) is 3.92. The van der Waals surface area contributed by atoms with Gasteiger partial charge in [0.2, 0.25) is 0 Å². The van der Waals surface area contributed by atoms with Crippen LogP contribution in [0.25, 0.3) is 5.57 Å². The molecule has 1 aliphatic heterocycles. The van der Waals surface area contributed by atoms with Crippen LogP contribution in [0.5, 0.6) is 0 Å². The highest BCUT2D eigenvalue weighted by Crippen LogP contribution is 2.45. The Balaban J connectivity index is 2.24. The number of hydrogen-bond acceptors (Lipinski definition) is 4. The zero-order valence-electron chi connectivity index (χ0n) is 12.3. The average molecular weight is 329 g/mol. The largest absolute Gasteiger partial charge is 0.466 e. The molecule has 0 radical (unpaired) electrons. The standard InChI is InChI=1S/C18H13ClO4/c1-22-17(21)18(13-7-3-2-4-8-13)15(11-16(20)23-18)12-6-5-9-14(19)10-12/h2-11H,1H3/t18-/m0/s1. The predicted octanol–water partition coefficient (Wildman–Crippen LogP) is 3.35. The van der Waals surface area contributed by atoms with Gasteiger partial charge in [-0.15, -0.1) is 0 Å².